The molecule has 4 fully saturated rings. The van der Waals surface area contributed by atoms with Gasteiger partial charge < -0.3 is 15.7 Å². The number of nitrogens with one attached hydrogen (secondary N) is 2. The highest BCUT2D eigenvalue weighted by Crippen LogP contribution is 2.59. The van der Waals surface area contributed by atoms with Crippen molar-refractivity contribution < 1.29 is 9.90 Å². The predicted octanol–water partition coefficient (Wildman–Crippen LogP) is 3.58. The van der Waals surface area contributed by atoms with E-state index in [2.05, 4.69) is 15.6 Å². The third-order valence-corrected chi connectivity index (χ3v) is 7.47. The van der Waals surface area contributed by atoms with Crippen LogP contribution in [0.5, 0.6) is 0 Å². The van der Waals surface area contributed by atoms with E-state index in [1.165, 1.54) is 38.5 Å². The average Bonchev–Trinajstić information content (AvgIpc) is 2.66. The molecule has 4 aliphatic carbocycles. The number of nitrogens with zero attached hydrogens (tertiary/aromatic N) is 1. The van der Waals surface area contributed by atoms with E-state index in [1.807, 2.05) is 6.07 Å². The maximum absolute atomic E-state index is 12.9. The fourth-order valence-electron chi connectivity index (χ4n) is 6.37. The molecular formula is C23H34ClN3O2. The van der Waals surface area contributed by atoms with E-state index >= 15 is 0 Å². The number of pyridine rings is 1. The van der Waals surface area contributed by atoms with Crippen molar-refractivity contribution in [2.45, 2.75) is 64.4 Å². The smallest absolute Gasteiger partial charge is 0.252 e. The fraction of sp³-hybridized carbons (Fsp3) is 0.739. The second kappa shape index (κ2) is 8.91. The molecule has 4 saturated carbocycles. The fourth-order valence-corrected chi connectivity index (χ4v) is 6.56. The zero-order valence-electron chi connectivity index (χ0n) is 17.4. The standard InChI is InChI=1S/C23H34ClN3O2/c1-15(28)12-25-4-2-3-19-8-20(21(24)13-26-19)22(29)27-14-23-9-16-5-17(10-23)7-18(6-16)11-23/h8,13,15-18,25,28H,2-7,9-12,14H2,1H3,(H,27,29). The van der Waals surface area contributed by atoms with Gasteiger partial charge in [-0.05, 0) is 94.1 Å². The summed E-state index contributed by atoms with van der Waals surface area (Å²) < 4.78 is 0. The number of aryl methyl sites for hydroxylation is 1. The third kappa shape index (κ3) is 5.12. The van der Waals surface area contributed by atoms with Crippen LogP contribution in [0.15, 0.2) is 12.3 Å². The van der Waals surface area contributed by atoms with Crippen molar-refractivity contribution >= 4 is 17.5 Å². The summed E-state index contributed by atoms with van der Waals surface area (Å²) in [5.74, 6) is 2.59. The molecule has 5 rings (SSSR count). The molecule has 0 saturated heterocycles. The molecular weight excluding hydrogens is 386 g/mol. The van der Waals surface area contributed by atoms with Crippen molar-refractivity contribution in [2.24, 2.45) is 23.2 Å². The number of aliphatic hydroxyl groups is 1. The molecule has 1 atom stereocenters. The van der Waals surface area contributed by atoms with Crippen LogP contribution < -0.4 is 10.6 Å². The molecule has 1 aromatic heterocycles. The summed E-state index contributed by atoms with van der Waals surface area (Å²) in [6.45, 7) is 3.95. The van der Waals surface area contributed by atoms with Crippen LogP contribution in [0.3, 0.4) is 0 Å². The Hall–Kier alpha value is -1.17. The average molecular weight is 420 g/mol. The Morgan fingerprint density at radius 2 is 1.93 bits per heavy atom. The van der Waals surface area contributed by atoms with Gasteiger partial charge in [0.1, 0.15) is 0 Å². The van der Waals surface area contributed by atoms with Gasteiger partial charge in [-0.25, -0.2) is 0 Å². The molecule has 0 aromatic carbocycles. The zero-order chi connectivity index (χ0) is 20.4. The van der Waals surface area contributed by atoms with E-state index in [4.69, 9.17) is 11.6 Å². The quantitative estimate of drug-likeness (QED) is 0.535. The maximum Gasteiger partial charge on any atom is 0.252 e. The molecule has 1 aromatic rings. The lowest BCUT2D eigenvalue weighted by Gasteiger charge is -2.56. The van der Waals surface area contributed by atoms with E-state index in [-0.39, 0.29) is 12.0 Å². The Balaban J connectivity index is 1.31. The molecule has 0 radical (unpaired) electrons. The molecule has 0 spiro atoms. The molecule has 1 amide bonds. The first-order valence-corrected chi connectivity index (χ1v) is 11.6. The summed E-state index contributed by atoms with van der Waals surface area (Å²) >= 11 is 6.30. The van der Waals surface area contributed by atoms with Gasteiger partial charge in [0.25, 0.3) is 5.91 Å². The molecule has 1 heterocycles. The molecule has 3 N–H and O–H groups in total. The first kappa shape index (κ1) is 21.1. The molecule has 5 nitrogen and oxygen atoms in total. The number of hydrogen-bond donors (Lipinski definition) is 3. The van der Waals surface area contributed by atoms with E-state index in [1.54, 1.807) is 13.1 Å². The minimum Gasteiger partial charge on any atom is -0.392 e. The highest BCUT2D eigenvalue weighted by atomic mass is 35.5. The molecule has 4 aliphatic rings. The number of carbonyl (C=O) groups excluding carboxylic acids is 1. The highest BCUT2D eigenvalue weighted by Gasteiger charge is 2.50. The van der Waals surface area contributed by atoms with Crippen LogP contribution in [0.2, 0.25) is 5.02 Å². The number of carbonyl (C=O) groups is 1. The summed E-state index contributed by atoms with van der Waals surface area (Å²) in [6.07, 6.45) is 11.0. The number of hydrogen-bond acceptors (Lipinski definition) is 4. The largest absolute Gasteiger partial charge is 0.392 e. The summed E-state index contributed by atoms with van der Waals surface area (Å²) in [4.78, 5) is 17.3. The Labute approximate surface area is 179 Å². The van der Waals surface area contributed by atoms with Gasteiger partial charge in [0.05, 0.1) is 16.7 Å². The second-order valence-corrected chi connectivity index (χ2v) is 10.3. The van der Waals surface area contributed by atoms with E-state index in [0.29, 0.717) is 22.5 Å². The molecule has 1 unspecified atom stereocenters. The maximum atomic E-state index is 12.9. The van der Waals surface area contributed by atoms with Gasteiger partial charge in [-0.1, -0.05) is 11.6 Å². The van der Waals surface area contributed by atoms with Crippen molar-refractivity contribution in [3.63, 3.8) is 0 Å². The number of aliphatic hydroxyl groups excluding tert-OH is 1. The first-order chi connectivity index (χ1) is 13.9. The van der Waals surface area contributed by atoms with Gasteiger partial charge in [0.15, 0.2) is 0 Å². The molecule has 160 valence electrons. The van der Waals surface area contributed by atoms with E-state index in [0.717, 1.165) is 49.4 Å². The molecule has 29 heavy (non-hydrogen) atoms. The van der Waals surface area contributed by atoms with Gasteiger partial charge in [0, 0.05) is 25.0 Å². The zero-order valence-corrected chi connectivity index (χ0v) is 18.2. The van der Waals surface area contributed by atoms with Crippen LogP contribution in [-0.2, 0) is 6.42 Å². The van der Waals surface area contributed by atoms with Crippen molar-refractivity contribution in [1.29, 1.82) is 0 Å². The van der Waals surface area contributed by atoms with Gasteiger partial charge >= 0.3 is 0 Å². The van der Waals surface area contributed by atoms with Crippen molar-refractivity contribution in [1.82, 2.24) is 15.6 Å². The van der Waals surface area contributed by atoms with Gasteiger partial charge in [-0.15, -0.1) is 0 Å². The van der Waals surface area contributed by atoms with Crippen molar-refractivity contribution in [3.8, 4) is 0 Å². The number of amides is 1. The second-order valence-electron chi connectivity index (χ2n) is 9.91. The van der Waals surface area contributed by atoms with E-state index < -0.39 is 0 Å². The lowest BCUT2D eigenvalue weighted by Crippen LogP contribution is -2.51. The topological polar surface area (TPSA) is 74.2 Å². The van der Waals surface area contributed by atoms with Crippen LogP contribution in [-0.4, -0.2) is 41.7 Å². The van der Waals surface area contributed by atoms with Gasteiger partial charge in [-0.3, -0.25) is 9.78 Å². The third-order valence-electron chi connectivity index (χ3n) is 7.17. The predicted molar refractivity (Wildman–Crippen MR) is 115 cm³/mol. The molecule has 4 bridgehead atoms. The Bertz CT molecular complexity index is 702. The lowest BCUT2D eigenvalue weighted by molar-refractivity contribution is -0.0503. The van der Waals surface area contributed by atoms with Crippen LogP contribution in [0, 0.1) is 23.2 Å². The minimum atomic E-state index is -0.340. The number of rotatable bonds is 9. The monoisotopic (exact) mass is 419 g/mol. The normalized spacial score (nSPS) is 31.1. The van der Waals surface area contributed by atoms with E-state index in [9.17, 15) is 9.90 Å². The van der Waals surface area contributed by atoms with Gasteiger partial charge in [-0.2, -0.15) is 0 Å². The minimum absolute atomic E-state index is 0.0679. The summed E-state index contributed by atoms with van der Waals surface area (Å²) in [7, 11) is 0. The number of halogens is 1. The van der Waals surface area contributed by atoms with Crippen molar-refractivity contribution in [3.05, 3.63) is 28.5 Å². The molecule has 6 heteroatoms. The van der Waals surface area contributed by atoms with Crippen LogP contribution >= 0.6 is 11.6 Å². The van der Waals surface area contributed by atoms with Crippen LogP contribution in [0.1, 0.15) is 67.9 Å². The lowest BCUT2D eigenvalue weighted by atomic mass is 9.49. The number of aromatic nitrogens is 1. The SMILES string of the molecule is CC(O)CNCCCc1cc(C(=O)NCC23CC4CC(CC(C4)C2)C3)c(Cl)cn1. The Morgan fingerprint density at radius 1 is 1.28 bits per heavy atom. The van der Waals surface area contributed by atoms with Crippen LogP contribution in [0.4, 0.5) is 0 Å². The van der Waals surface area contributed by atoms with Crippen molar-refractivity contribution in [2.75, 3.05) is 19.6 Å². The Kier molecular flexibility index (Phi) is 6.47. The van der Waals surface area contributed by atoms with Crippen LogP contribution in [0.25, 0.3) is 0 Å². The van der Waals surface area contributed by atoms with Gasteiger partial charge in [0.2, 0.25) is 0 Å². The summed E-state index contributed by atoms with van der Waals surface area (Å²) in [5.41, 5.74) is 1.74. The summed E-state index contributed by atoms with van der Waals surface area (Å²) in [6, 6.07) is 1.84. The first-order valence-electron chi connectivity index (χ1n) is 11.2. The highest BCUT2D eigenvalue weighted by molar-refractivity contribution is 6.33. The molecule has 0 aliphatic heterocycles. The summed E-state index contributed by atoms with van der Waals surface area (Å²) in [5, 5.41) is 16.1. The Morgan fingerprint density at radius 3 is 2.55 bits per heavy atom.